The lowest BCUT2D eigenvalue weighted by Crippen LogP contribution is -2.08. The molecule has 0 aliphatic rings. The molecule has 1 heterocycles. The Labute approximate surface area is 182 Å². The van der Waals surface area contributed by atoms with E-state index < -0.39 is 16.9 Å². The van der Waals surface area contributed by atoms with Crippen LogP contribution in [-0.4, -0.2) is 65.2 Å². The fraction of sp³-hybridized carbons (Fsp3) is 0.318. The highest BCUT2D eigenvalue weighted by Gasteiger charge is 2.22. The fourth-order valence-corrected chi connectivity index (χ4v) is 3.09. The molecule has 0 saturated heterocycles. The van der Waals surface area contributed by atoms with Crippen LogP contribution in [0.2, 0.25) is 0 Å². The second-order valence-electron chi connectivity index (χ2n) is 6.71. The Bertz CT molecular complexity index is 1150. The maximum atomic E-state index is 12.8. The summed E-state index contributed by atoms with van der Waals surface area (Å²) in [5, 5.41) is 47.8. The van der Waals surface area contributed by atoms with E-state index in [4.69, 9.17) is 33.9 Å². The molecular formula is C22H24O10. The highest BCUT2D eigenvalue weighted by atomic mass is 16.5. The third-order valence-electron chi connectivity index (χ3n) is 4.59. The third kappa shape index (κ3) is 4.57. The molecule has 2 aromatic carbocycles. The zero-order valence-corrected chi connectivity index (χ0v) is 17.3. The van der Waals surface area contributed by atoms with E-state index in [-0.39, 0.29) is 84.7 Å². The molecule has 32 heavy (non-hydrogen) atoms. The quantitative estimate of drug-likeness (QED) is 0.306. The minimum atomic E-state index is -0.839. The van der Waals surface area contributed by atoms with Crippen molar-refractivity contribution in [1.82, 2.24) is 0 Å². The van der Waals surface area contributed by atoms with Crippen LogP contribution in [0.4, 0.5) is 0 Å². The summed E-state index contributed by atoms with van der Waals surface area (Å²) in [5.41, 5.74) is -0.342. The topological polar surface area (TPSA) is 159 Å². The maximum Gasteiger partial charge on any atom is 0.238 e. The van der Waals surface area contributed by atoms with Crippen LogP contribution in [0.1, 0.15) is 5.56 Å². The Morgan fingerprint density at radius 3 is 2.03 bits per heavy atom. The molecular weight excluding hydrogens is 424 g/mol. The number of ether oxygens (including phenoxy) is 3. The zero-order chi connectivity index (χ0) is 23.3. The minimum absolute atomic E-state index is 0.0143. The Balaban J connectivity index is 2.16. The van der Waals surface area contributed by atoms with Gasteiger partial charge in [-0.25, -0.2) is 0 Å². The van der Waals surface area contributed by atoms with Gasteiger partial charge in [-0.1, -0.05) is 0 Å². The average Bonchev–Trinajstić information content (AvgIpc) is 2.80. The van der Waals surface area contributed by atoms with Crippen molar-refractivity contribution in [3.8, 4) is 40.1 Å². The molecule has 0 aliphatic carbocycles. The Morgan fingerprint density at radius 1 is 0.812 bits per heavy atom. The van der Waals surface area contributed by atoms with Crippen molar-refractivity contribution < 1.29 is 44.2 Å². The van der Waals surface area contributed by atoms with Crippen LogP contribution < -0.4 is 19.6 Å². The smallest absolute Gasteiger partial charge is 0.238 e. The normalized spacial score (nSPS) is 11.0. The number of rotatable bonds is 10. The summed E-state index contributed by atoms with van der Waals surface area (Å²) in [7, 11) is 0. The maximum absolute atomic E-state index is 12.8. The van der Waals surface area contributed by atoms with Crippen molar-refractivity contribution in [1.29, 1.82) is 0 Å². The van der Waals surface area contributed by atoms with E-state index in [0.717, 1.165) is 0 Å². The van der Waals surface area contributed by atoms with E-state index in [1.807, 2.05) is 0 Å². The summed E-state index contributed by atoms with van der Waals surface area (Å²) in [6.07, 6.45) is 0. The molecule has 0 saturated carbocycles. The van der Waals surface area contributed by atoms with E-state index in [1.165, 1.54) is 31.2 Å². The van der Waals surface area contributed by atoms with E-state index >= 15 is 0 Å². The molecule has 1 aromatic heterocycles. The fourth-order valence-electron chi connectivity index (χ4n) is 3.09. The van der Waals surface area contributed by atoms with Gasteiger partial charge in [-0.3, -0.25) is 4.79 Å². The molecule has 172 valence electrons. The predicted molar refractivity (Wildman–Crippen MR) is 114 cm³/mol. The standard InChI is InChI=1S/C22H24O10/c1-12-15(30-8-5-24)11-17-18(19(12)26)20(27)21(28)22(32-17)13-2-3-14(29-7-4-23)16(10-13)31-9-6-25/h2-3,10-11,23-26,28H,4-9H2,1H3. The number of hydrogen-bond donors (Lipinski definition) is 5. The van der Waals surface area contributed by atoms with Gasteiger partial charge in [0, 0.05) is 17.2 Å². The van der Waals surface area contributed by atoms with Gasteiger partial charge in [-0.2, -0.15) is 0 Å². The van der Waals surface area contributed by atoms with Crippen molar-refractivity contribution in [2.75, 3.05) is 39.6 Å². The first-order chi connectivity index (χ1) is 15.4. The third-order valence-corrected chi connectivity index (χ3v) is 4.59. The number of aliphatic hydroxyl groups excluding tert-OH is 3. The highest BCUT2D eigenvalue weighted by Crippen LogP contribution is 2.40. The molecule has 5 N–H and O–H groups in total. The lowest BCUT2D eigenvalue weighted by molar-refractivity contribution is 0.178. The molecule has 0 unspecified atom stereocenters. The largest absolute Gasteiger partial charge is 0.507 e. The van der Waals surface area contributed by atoms with Crippen molar-refractivity contribution in [3.05, 3.63) is 40.1 Å². The van der Waals surface area contributed by atoms with Crippen LogP contribution in [0.25, 0.3) is 22.3 Å². The van der Waals surface area contributed by atoms with Crippen LogP contribution in [0, 0.1) is 6.92 Å². The summed E-state index contributed by atoms with van der Waals surface area (Å²) < 4.78 is 22.0. The van der Waals surface area contributed by atoms with Crippen molar-refractivity contribution in [2.24, 2.45) is 0 Å². The summed E-state index contributed by atoms with van der Waals surface area (Å²) in [6, 6.07) is 5.86. The predicted octanol–water partition coefficient (Wildman–Crippen LogP) is 1.29. The van der Waals surface area contributed by atoms with Gasteiger partial charge in [-0.05, 0) is 25.1 Å². The lowest BCUT2D eigenvalue weighted by atomic mass is 10.1. The van der Waals surface area contributed by atoms with Gasteiger partial charge in [-0.15, -0.1) is 0 Å². The number of benzene rings is 2. The molecule has 0 radical (unpaired) electrons. The van der Waals surface area contributed by atoms with E-state index in [1.54, 1.807) is 0 Å². The van der Waals surface area contributed by atoms with Gasteiger partial charge in [0.05, 0.1) is 19.8 Å². The molecule has 0 fully saturated rings. The molecule has 0 spiro atoms. The molecule has 10 heteroatoms. The van der Waals surface area contributed by atoms with Gasteiger partial charge in [0.15, 0.2) is 17.3 Å². The van der Waals surface area contributed by atoms with Gasteiger partial charge in [0.25, 0.3) is 0 Å². The Hall–Kier alpha value is -3.47. The summed E-state index contributed by atoms with van der Waals surface area (Å²) in [5.74, 6) is -0.596. The van der Waals surface area contributed by atoms with Crippen molar-refractivity contribution in [2.45, 2.75) is 6.92 Å². The first-order valence-electron chi connectivity index (χ1n) is 9.80. The second-order valence-corrected chi connectivity index (χ2v) is 6.71. The summed E-state index contributed by atoms with van der Waals surface area (Å²) in [4.78, 5) is 12.8. The first-order valence-corrected chi connectivity index (χ1v) is 9.80. The van der Waals surface area contributed by atoms with Gasteiger partial charge in [0.1, 0.15) is 42.3 Å². The number of hydrogen-bond acceptors (Lipinski definition) is 10. The second kappa shape index (κ2) is 10.2. The lowest BCUT2D eigenvalue weighted by Gasteiger charge is -2.15. The zero-order valence-electron chi connectivity index (χ0n) is 17.3. The van der Waals surface area contributed by atoms with Crippen molar-refractivity contribution in [3.63, 3.8) is 0 Å². The molecule has 0 amide bonds. The number of phenols is 1. The van der Waals surface area contributed by atoms with Crippen LogP contribution >= 0.6 is 0 Å². The summed E-state index contributed by atoms with van der Waals surface area (Å²) >= 11 is 0. The number of aromatic hydroxyl groups is 2. The monoisotopic (exact) mass is 448 g/mol. The van der Waals surface area contributed by atoms with Gasteiger partial charge < -0.3 is 44.2 Å². The van der Waals surface area contributed by atoms with Gasteiger partial charge >= 0.3 is 0 Å². The van der Waals surface area contributed by atoms with E-state index in [2.05, 4.69) is 0 Å². The van der Waals surface area contributed by atoms with E-state index in [0.29, 0.717) is 0 Å². The molecule has 3 rings (SSSR count). The number of phenolic OH excluding ortho intramolecular Hbond substituents is 1. The van der Waals surface area contributed by atoms with Gasteiger partial charge in [0.2, 0.25) is 11.2 Å². The SMILES string of the molecule is Cc1c(OCCO)cc2oc(-c3ccc(OCCO)c(OCCO)c3)c(O)c(=O)c2c1O. The molecule has 0 aliphatic heterocycles. The highest BCUT2D eigenvalue weighted by molar-refractivity contribution is 5.89. The number of aliphatic hydroxyl groups is 3. The van der Waals surface area contributed by atoms with E-state index in [9.17, 15) is 15.0 Å². The molecule has 0 atom stereocenters. The molecule has 0 bridgehead atoms. The Morgan fingerprint density at radius 2 is 1.41 bits per heavy atom. The molecule has 3 aromatic rings. The minimum Gasteiger partial charge on any atom is -0.507 e. The van der Waals surface area contributed by atoms with Crippen LogP contribution in [0.5, 0.6) is 28.7 Å². The van der Waals surface area contributed by atoms with Crippen LogP contribution in [0.15, 0.2) is 33.5 Å². The number of fused-ring (bicyclic) bond motifs is 1. The van der Waals surface area contributed by atoms with Crippen LogP contribution in [0.3, 0.4) is 0 Å². The Kier molecular flexibility index (Phi) is 7.41. The molecule has 10 nitrogen and oxygen atoms in total. The average molecular weight is 448 g/mol. The first kappa shape index (κ1) is 23.2. The van der Waals surface area contributed by atoms with Crippen LogP contribution in [-0.2, 0) is 0 Å². The van der Waals surface area contributed by atoms with Crippen molar-refractivity contribution >= 4 is 11.0 Å². The summed E-state index contributed by atoms with van der Waals surface area (Å²) in [6.45, 7) is 0.764.